The molecule has 1 amide bonds. The molecule has 1 heterocycles. The molecule has 0 saturated heterocycles. The standard InChI is InChI=1S/C14H13NO3S2/c1-19-11-6-4-10(5-7-11)15-13(16)9-18-14(17)12-3-2-8-20-12/h2-8H,9H2,1H3,(H,15,16). The Kier molecular flexibility index (Phi) is 5.20. The smallest absolute Gasteiger partial charge is 0.348 e. The molecule has 2 rings (SSSR count). The molecule has 0 unspecified atom stereocenters. The molecule has 0 radical (unpaired) electrons. The number of rotatable bonds is 5. The fourth-order valence-electron chi connectivity index (χ4n) is 1.47. The molecular formula is C14H13NO3S2. The van der Waals surface area contributed by atoms with Crippen molar-refractivity contribution in [2.24, 2.45) is 0 Å². The number of carbonyl (C=O) groups is 2. The SMILES string of the molecule is CSc1ccc(NC(=O)COC(=O)c2cccs2)cc1. The first-order valence-electron chi connectivity index (χ1n) is 5.83. The fourth-order valence-corrected chi connectivity index (χ4v) is 2.49. The second-order valence-corrected chi connectivity index (χ2v) is 5.66. The van der Waals surface area contributed by atoms with Gasteiger partial charge >= 0.3 is 5.97 Å². The van der Waals surface area contributed by atoms with Crippen molar-refractivity contribution in [3.8, 4) is 0 Å². The first kappa shape index (κ1) is 14.6. The Morgan fingerprint density at radius 1 is 1.25 bits per heavy atom. The molecule has 20 heavy (non-hydrogen) atoms. The Morgan fingerprint density at radius 3 is 2.60 bits per heavy atom. The highest BCUT2D eigenvalue weighted by molar-refractivity contribution is 7.98. The number of thiophene rings is 1. The molecule has 4 nitrogen and oxygen atoms in total. The summed E-state index contributed by atoms with van der Waals surface area (Å²) >= 11 is 2.91. The third-order valence-corrected chi connectivity index (χ3v) is 4.02. The minimum atomic E-state index is -0.479. The van der Waals surface area contributed by atoms with E-state index in [4.69, 9.17) is 4.74 Å². The van der Waals surface area contributed by atoms with E-state index in [1.54, 1.807) is 29.3 Å². The Labute approximate surface area is 125 Å². The van der Waals surface area contributed by atoms with Crippen LogP contribution in [0.15, 0.2) is 46.7 Å². The van der Waals surface area contributed by atoms with E-state index in [-0.39, 0.29) is 12.5 Å². The van der Waals surface area contributed by atoms with Crippen molar-refractivity contribution >= 4 is 40.7 Å². The van der Waals surface area contributed by atoms with Crippen LogP contribution in [0.5, 0.6) is 0 Å². The summed E-state index contributed by atoms with van der Waals surface area (Å²) < 4.78 is 4.92. The molecule has 1 N–H and O–H groups in total. The number of hydrogen-bond acceptors (Lipinski definition) is 5. The largest absolute Gasteiger partial charge is 0.451 e. The van der Waals surface area contributed by atoms with Crippen molar-refractivity contribution in [1.82, 2.24) is 0 Å². The highest BCUT2D eigenvalue weighted by Gasteiger charge is 2.10. The lowest BCUT2D eigenvalue weighted by molar-refractivity contribution is -0.119. The minimum absolute atomic E-state index is 0.291. The van der Waals surface area contributed by atoms with E-state index >= 15 is 0 Å². The molecule has 0 fully saturated rings. The predicted molar refractivity (Wildman–Crippen MR) is 81.5 cm³/mol. The summed E-state index contributed by atoms with van der Waals surface area (Å²) in [4.78, 5) is 24.8. The summed E-state index contributed by atoms with van der Waals surface area (Å²) in [5.74, 6) is -0.834. The fraction of sp³-hybridized carbons (Fsp3) is 0.143. The van der Waals surface area contributed by atoms with Gasteiger partial charge in [-0.2, -0.15) is 0 Å². The number of anilines is 1. The average Bonchev–Trinajstić information content (AvgIpc) is 3.00. The van der Waals surface area contributed by atoms with Crippen LogP contribution in [0.25, 0.3) is 0 Å². The number of esters is 1. The summed E-state index contributed by atoms with van der Waals surface area (Å²) in [6, 6.07) is 10.9. The van der Waals surface area contributed by atoms with Crippen molar-refractivity contribution in [3.63, 3.8) is 0 Å². The van der Waals surface area contributed by atoms with Crippen molar-refractivity contribution in [1.29, 1.82) is 0 Å². The summed E-state index contributed by atoms with van der Waals surface area (Å²) in [5, 5.41) is 4.45. The van der Waals surface area contributed by atoms with E-state index in [0.717, 1.165) is 4.90 Å². The van der Waals surface area contributed by atoms with Gasteiger partial charge < -0.3 is 10.1 Å². The summed E-state index contributed by atoms with van der Waals surface area (Å²) in [6.45, 7) is -0.291. The van der Waals surface area contributed by atoms with Gasteiger partial charge in [-0.3, -0.25) is 4.79 Å². The van der Waals surface area contributed by atoms with Crippen LogP contribution in [-0.4, -0.2) is 24.7 Å². The zero-order chi connectivity index (χ0) is 14.4. The van der Waals surface area contributed by atoms with E-state index in [1.165, 1.54) is 11.3 Å². The number of benzene rings is 1. The van der Waals surface area contributed by atoms with Crippen LogP contribution >= 0.6 is 23.1 Å². The highest BCUT2D eigenvalue weighted by Crippen LogP contribution is 2.17. The average molecular weight is 307 g/mol. The number of amides is 1. The van der Waals surface area contributed by atoms with Crippen molar-refractivity contribution in [2.75, 3.05) is 18.2 Å². The van der Waals surface area contributed by atoms with Crippen LogP contribution in [0.4, 0.5) is 5.69 Å². The summed E-state index contributed by atoms with van der Waals surface area (Å²) in [6.07, 6.45) is 1.98. The van der Waals surface area contributed by atoms with E-state index in [0.29, 0.717) is 10.6 Å². The molecule has 1 aromatic carbocycles. The molecule has 0 aliphatic rings. The molecule has 0 bridgehead atoms. The predicted octanol–water partition coefficient (Wildman–Crippen LogP) is 3.27. The molecule has 0 saturated carbocycles. The van der Waals surface area contributed by atoms with Gasteiger partial charge in [0.15, 0.2) is 6.61 Å². The molecule has 0 aliphatic carbocycles. The summed E-state index contributed by atoms with van der Waals surface area (Å²) in [7, 11) is 0. The van der Waals surface area contributed by atoms with Gasteiger partial charge in [-0.15, -0.1) is 23.1 Å². The van der Waals surface area contributed by atoms with Crippen LogP contribution in [0.2, 0.25) is 0 Å². The molecule has 0 atom stereocenters. The number of ether oxygens (including phenoxy) is 1. The van der Waals surface area contributed by atoms with Crippen molar-refractivity contribution < 1.29 is 14.3 Å². The number of thioether (sulfide) groups is 1. The topological polar surface area (TPSA) is 55.4 Å². The van der Waals surface area contributed by atoms with Crippen molar-refractivity contribution in [3.05, 3.63) is 46.7 Å². The van der Waals surface area contributed by atoms with Gasteiger partial charge in [0, 0.05) is 10.6 Å². The number of carbonyl (C=O) groups excluding carboxylic acids is 2. The second kappa shape index (κ2) is 7.12. The van der Waals surface area contributed by atoms with Crippen LogP contribution < -0.4 is 5.32 Å². The number of nitrogens with one attached hydrogen (secondary N) is 1. The third kappa shape index (κ3) is 4.11. The molecule has 2 aromatic rings. The van der Waals surface area contributed by atoms with E-state index in [9.17, 15) is 9.59 Å². The lowest BCUT2D eigenvalue weighted by atomic mass is 10.3. The monoisotopic (exact) mass is 307 g/mol. The molecule has 0 aliphatic heterocycles. The third-order valence-electron chi connectivity index (χ3n) is 2.43. The molecule has 104 valence electrons. The number of hydrogen-bond donors (Lipinski definition) is 1. The molecule has 6 heteroatoms. The maximum absolute atomic E-state index is 11.7. The summed E-state index contributed by atoms with van der Waals surface area (Å²) in [5.41, 5.74) is 0.681. The lowest BCUT2D eigenvalue weighted by Crippen LogP contribution is -2.20. The van der Waals surface area contributed by atoms with Gasteiger partial charge in [0.2, 0.25) is 0 Å². The highest BCUT2D eigenvalue weighted by atomic mass is 32.2. The van der Waals surface area contributed by atoms with Crippen LogP contribution in [0.1, 0.15) is 9.67 Å². The van der Waals surface area contributed by atoms with Crippen molar-refractivity contribution in [2.45, 2.75) is 4.90 Å². The minimum Gasteiger partial charge on any atom is -0.451 e. The van der Waals surface area contributed by atoms with Gasteiger partial charge in [-0.25, -0.2) is 4.79 Å². The van der Waals surface area contributed by atoms with E-state index in [1.807, 2.05) is 30.5 Å². The zero-order valence-corrected chi connectivity index (χ0v) is 12.4. The maximum Gasteiger partial charge on any atom is 0.348 e. The zero-order valence-electron chi connectivity index (χ0n) is 10.8. The van der Waals surface area contributed by atoms with Crippen LogP contribution in [-0.2, 0) is 9.53 Å². The van der Waals surface area contributed by atoms with Gasteiger partial charge in [0.05, 0.1) is 0 Å². The first-order chi connectivity index (χ1) is 9.69. The van der Waals surface area contributed by atoms with Gasteiger partial charge in [-0.05, 0) is 42.0 Å². The molecular weight excluding hydrogens is 294 g/mol. The maximum atomic E-state index is 11.7. The Balaban J connectivity index is 1.81. The van der Waals surface area contributed by atoms with Gasteiger partial charge in [0.1, 0.15) is 4.88 Å². The Morgan fingerprint density at radius 2 is 2.00 bits per heavy atom. The Hall–Kier alpha value is -1.79. The first-order valence-corrected chi connectivity index (χ1v) is 7.94. The normalized spacial score (nSPS) is 10.1. The molecule has 0 spiro atoms. The van der Waals surface area contributed by atoms with Gasteiger partial charge in [-0.1, -0.05) is 6.07 Å². The van der Waals surface area contributed by atoms with Gasteiger partial charge in [0.25, 0.3) is 5.91 Å². The van der Waals surface area contributed by atoms with Crippen LogP contribution in [0.3, 0.4) is 0 Å². The van der Waals surface area contributed by atoms with Crippen LogP contribution in [0, 0.1) is 0 Å². The van der Waals surface area contributed by atoms with E-state index < -0.39 is 5.97 Å². The lowest BCUT2D eigenvalue weighted by Gasteiger charge is -2.06. The second-order valence-electron chi connectivity index (χ2n) is 3.83. The van der Waals surface area contributed by atoms with E-state index in [2.05, 4.69) is 5.32 Å². The Bertz CT molecular complexity index is 579. The molecule has 1 aromatic heterocycles. The quantitative estimate of drug-likeness (QED) is 0.680.